The summed E-state index contributed by atoms with van der Waals surface area (Å²) in [4.78, 5) is 11.1. The number of nitrogens with two attached hydrogens (primary N) is 1. The van der Waals surface area contributed by atoms with Gasteiger partial charge in [0, 0.05) is 11.8 Å². The second-order valence-corrected chi connectivity index (χ2v) is 4.88. The Morgan fingerprint density at radius 3 is 2.00 bits per heavy atom. The summed E-state index contributed by atoms with van der Waals surface area (Å²) in [6, 6.07) is 0. The maximum absolute atomic E-state index is 11.1. The molecule has 0 aromatic heterocycles. The van der Waals surface area contributed by atoms with Crippen molar-refractivity contribution in [2.24, 2.45) is 5.73 Å². The highest BCUT2D eigenvalue weighted by Crippen LogP contribution is 2.09. The monoisotopic (exact) mass is 255 g/mol. The summed E-state index contributed by atoms with van der Waals surface area (Å²) in [7, 11) is 0. The van der Waals surface area contributed by atoms with Crippen LogP contribution in [0.25, 0.3) is 0 Å². The van der Waals surface area contributed by atoms with Crippen molar-refractivity contribution in [3.05, 3.63) is 11.8 Å². The third-order valence-electron chi connectivity index (χ3n) is 2.84. The maximum atomic E-state index is 11.1. The summed E-state index contributed by atoms with van der Waals surface area (Å²) < 4.78 is 5.02. The van der Waals surface area contributed by atoms with Crippen LogP contribution in [0.4, 0.5) is 0 Å². The van der Waals surface area contributed by atoms with E-state index >= 15 is 0 Å². The van der Waals surface area contributed by atoms with E-state index in [1.807, 2.05) is 0 Å². The number of hydrogen-bond donors (Lipinski definition) is 1. The Hall–Kier alpha value is -0.990. The van der Waals surface area contributed by atoms with Crippen LogP contribution in [-0.2, 0) is 9.53 Å². The van der Waals surface area contributed by atoms with E-state index in [0.717, 1.165) is 12.8 Å². The Bertz CT molecular complexity index is 233. The molecular weight excluding hydrogens is 226 g/mol. The van der Waals surface area contributed by atoms with Gasteiger partial charge in [0.1, 0.15) is 0 Å². The van der Waals surface area contributed by atoms with Crippen LogP contribution in [0, 0.1) is 0 Å². The smallest absolute Gasteiger partial charge is 0.332 e. The second-order valence-electron chi connectivity index (χ2n) is 4.88. The molecule has 3 nitrogen and oxygen atoms in total. The van der Waals surface area contributed by atoms with Gasteiger partial charge in [-0.1, -0.05) is 58.3 Å². The van der Waals surface area contributed by atoms with Crippen molar-refractivity contribution in [2.75, 3.05) is 6.61 Å². The second kappa shape index (κ2) is 12.5. The average molecular weight is 255 g/mol. The highest BCUT2D eigenvalue weighted by atomic mass is 16.5. The molecule has 0 aromatic rings. The highest BCUT2D eigenvalue weighted by Gasteiger charge is 1.97. The molecule has 2 N–H and O–H groups in total. The Kier molecular flexibility index (Phi) is 11.8. The van der Waals surface area contributed by atoms with Crippen molar-refractivity contribution in [1.29, 1.82) is 0 Å². The molecule has 0 aromatic carbocycles. The van der Waals surface area contributed by atoms with Crippen molar-refractivity contribution < 1.29 is 9.53 Å². The minimum atomic E-state index is -0.324. The lowest BCUT2D eigenvalue weighted by molar-refractivity contribution is -0.137. The van der Waals surface area contributed by atoms with Gasteiger partial charge in [-0.3, -0.25) is 0 Å². The first kappa shape index (κ1) is 17.0. The average Bonchev–Trinajstić information content (AvgIpc) is 2.30. The predicted molar refractivity (Wildman–Crippen MR) is 76.1 cm³/mol. The fourth-order valence-electron chi connectivity index (χ4n) is 1.81. The third-order valence-corrected chi connectivity index (χ3v) is 2.84. The van der Waals surface area contributed by atoms with Crippen LogP contribution in [0.2, 0.25) is 0 Å². The van der Waals surface area contributed by atoms with Crippen LogP contribution in [0.5, 0.6) is 0 Å². The Morgan fingerprint density at radius 1 is 1.00 bits per heavy atom. The Labute approximate surface area is 112 Å². The van der Waals surface area contributed by atoms with E-state index in [1.165, 1.54) is 51.0 Å². The van der Waals surface area contributed by atoms with Crippen LogP contribution in [0.1, 0.15) is 71.6 Å². The molecule has 0 atom stereocenters. The standard InChI is InChI=1S/C15H29NO2/c1-3-4-5-6-7-8-9-10-11-12-18-15(17)13-14(2)16/h13H,3-12,16H2,1-2H3. The number of rotatable bonds is 11. The van der Waals surface area contributed by atoms with E-state index in [2.05, 4.69) is 6.92 Å². The molecular formula is C15H29NO2. The summed E-state index contributed by atoms with van der Waals surface area (Å²) in [5.74, 6) is -0.324. The molecule has 0 saturated heterocycles. The first-order chi connectivity index (χ1) is 8.66. The molecule has 0 bridgehead atoms. The van der Waals surface area contributed by atoms with Crippen LogP contribution < -0.4 is 5.73 Å². The van der Waals surface area contributed by atoms with Gasteiger partial charge in [0.25, 0.3) is 0 Å². The molecule has 0 spiro atoms. The molecule has 18 heavy (non-hydrogen) atoms. The van der Waals surface area contributed by atoms with Gasteiger partial charge in [0.2, 0.25) is 0 Å². The van der Waals surface area contributed by atoms with E-state index in [1.54, 1.807) is 6.92 Å². The lowest BCUT2D eigenvalue weighted by Crippen LogP contribution is -2.05. The Morgan fingerprint density at radius 2 is 1.50 bits per heavy atom. The normalized spacial score (nSPS) is 11.6. The molecule has 0 radical (unpaired) electrons. The van der Waals surface area contributed by atoms with Crippen molar-refractivity contribution in [3.63, 3.8) is 0 Å². The molecule has 0 heterocycles. The predicted octanol–water partition coefficient (Wildman–Crippen LogP) is 3.92. The Balaban J connectivity index is 3.16. The van der Waals surface area contributed by atoms with Gasteiger partial charge in [-0.25, -0.2) is 4.79 Å². The number of ether oxygens (including phenoxy) is 1. The largest absolute Gasteiger partial charge is 0.462 e. The first-order valence-corrected chi connectivity index (χ1v) is 7.27. The summed E-state index contributed by atoms with van der Waals surface area (Å²) in [5.41, 5.74) is 5.87. The minimum Gasteiger partial charge on any atom is -0.462 e. The minimum absolute atomic E-state index is 0.324. The number of allylic oxidation sites excluding steroid dienone is 1. The van der Waals surface area contributed by atoms with Gasteiger partial charge >= 0.3 is 5.97 Å². The number of carbonyl (C=O) groups excluding carboxylic acids is 1. The fraction of sp³-hybridized carbons (Fsp3) is 0.800. The van der Waals surface area contributed by atoms with Crippen molar-refractivity contribution in [2.45, 2.75) is 71.6 Å². The van der Waals surface area contributed by atoms with Gasteiger partial charge in [-0.2, -0.15) is 0 Å². The molecule has 0 rings (SSSR count). The molecule has 0 amide bonds. The van der Waals surface area contributed by atoms with Gasteiger partial charge in [-0.05, 0) is 13.3 Å². The molecule has 0 aliphatic rings. The van der Waals surface area contributed by atoms with Crippen LogP contribution >= 0.6 is 0 Å². The van der Waals surface area contributed by atoms with E-state index in [-0.39, 0.29) is 5.97 Å². The zero-order valence-electron chi connectivity index (χ0n) is 12.0. The summed E-state index contributed by atoms with van der Waals surface area (Å²) in [6.45, 7) is 4.43. The third kappa shape index (κ3) is 13.1. The van der Waals surface area contributed by atoms with Gasteiger partial charge in [0.05, 0.1) is 6.61 Å². The molecule has 3 heteroatoms. The molecule has 0 aliphatic carbocycles. The van der Waals surface area contributed by atoms with Gasteiger partial charge < -0.3 is 10.5 Å². The lowest BCUT2D eigenvalue weighted by Gasteiger charge is -2.03. The highest BCUT2D eigenvalue weighted by molar-refractivity contribution is 5.82. The topological polar surface area (TPSA) is 52.3 Å². The summed E-state index contributed by atoms with van der Waals surface area (Å²) in [6.07, 6.45) is 12.7. The number of hydrogen-bond acceptors (Lipinski definition) is 3. The van der Waals surface area contributed by atoms with Crippen molar-refractivity contribution in [1.82, 2.24) is 0 Å². The van der Waals surface area contributed by atoms with Gasteiger partial charge in [-0.15, -0.1) is 0 Å². The molecule has 106 valence electrons. The molecule has 0 aliphatic heterocycles. The molecule has 0 unspecified atom stereocenters. The van der Waals surface area contributed by atoms with E-state index in [9.17, 15) is 4.79 Å². The fourth-order valence-corrected chi connectivity index (χ4v) is 1.81. The summed E-state index contributed by atoms with van der Waals surface area (Å²) >= 11 is 0. The summed E-state index contributed by atoms with van der Waals surface area (Å²) in [5, 5.41) is 0. The number of esters is 1. The van der Waals surface area contributed by atoms with Gasteiger partial charge in [0.15, 0.2) is 0 Å². The maximum Gasteiger partial charge on any atom is 0.332 e. The number of unbranched alkanes of at least 4 members (excludes halogenated alkanes) is 8. The molecule has 0 fully saturated rings. The zero-order valence-corrected chi connectivity index (χ0v) is 12.0. The molecule has 0 saturated carbocycles. The number of carbonyl (C=O) groups is 1. The zero-order chi connectivity index (χ0) is 13.6. The SMILES string of the molecule is CCCCCCCCCCCOC(=O)C=C(C)N. The van der Waals surface area contributed by atoms with Crippen molar-refractivity contribution in [3.8, 4) is 0 Å². The van der Waals surface area contributed by atoms with Crippen LogP contribution in [-0.4, -0.2) is 12.6 Å². The van der Waals surface area contributed by atoms with Crippen LogP contribution in [0.15, 0.2) is 11.8 Å². The quantitative estimate of drug-likeness (QED) is 0.346. The van der Waals surface area contributed by atoms with E-state index in [4.69, 9.17) is 10.5 Å². The van der Waals surface area contributed by atoms with Crippen molar-refractivity contribution >= 4 is 5.97 Å². The van der Waals surface area contributed by atoms with Crippen LogP contribution in [0.3, 0.4) is 0 Å². The lowest BCUT2D eigenvalue weighted by atomic mass is 10.1. The first-order valence-electron chi connectivity index (χ1n) is 7.27. The van der Waals surface area contributed by atoms with E-state index in [0.29, 0.717) is 12.3 Å². The van der Waals surface area contributed by atoms with E-state index < -0.39 is 0 Å².